The van der Waals surface area contributed by atoms with Crippen LogP contribution in [0.1, 0.15) is 26.3 Å². The summed E-state index contributed by atoms with van der Waals surface area (Å²) in [5.74, 6) is -2.89. The fourth-order valence-corrected chi connectivity index (χ4v) is 1.84. The van der Waals surface area contributed by atoms with Gasteiger partial charge in [0.15, 0.2) is 0 Å². The Morgan fingerprint density at radius 3 is 2.52 bits per heavy atom. The molecule has 2 aromatic carbocycles. The van der Waals surface area contributed by atoms with Crippen LogP contribution in [-0.4, -0.2) is 22.1 Å². The lowest BCUT2D eigenvalue weighted by atomic mass is 10.1. The number of anilines is 1. The van der Waals surface area contributed by atoms with Crippen molar-refractivity contribution < 1.29 is 24.2 Å². The Morgan fingerprint density at radius 2 is 1.86 bits per heavy atom. The number of rotatable bonds is 3. The van der Waals surface area contributed by atoms with Gasteiger partial charge in [0.2, 0.25) is 0 Å². The summed E-state index contributed by atoms with van der Waals surface area (Å²) in [6, 6.07) is 7.54. The first kappa shape index (κ1) is 14.5. The van der Waals surface area contributed by atoms with Gasteiger partial charge in [-0.2, -0.15) is 0 Å². The van der Waals surface area contributed by atoms with Crippen LogP contribution in [0.4, 0.5) is 10.1 Å². The van der Waals surface area contributed by atoms with Gasteiger partial charge in [0, 0.05) is 0 Å². The van der Waals surface area contributed by atoms with E-state index < -0.39 is 17.7 Å². The van der Waals surface area contributed by atoms with Crippen LogP contribution in [-0.2, 0) is 0 Å². The van der Waals surface area contributed by atoms with Crippen molar-refractivity contribution in [3.05, 3.63) is 58.9 Å². The van der Waals surface area contributed by atoms with E-state index in [9.17, 15) is 19.1 Å². The monoisotopic (exact) mass is 289 g/mol. The maximum Gasteiger partial charge on any atom is 0.337 e. The van der Waals surface area contributed by atoms with Crippen LogP contribution < -0.4 is 5.32 Å². The molecular weight excluding hydrogens is 277 g/mol. The second-order valence-electron chi connectivity index (χ2n) is 4.42. The molecule has 0 atom stereocenters. The molecule has 2 aromatic rings. The molecule has 21 heavy (non-hydrogen) atoms. The highest BCUT2D eigenvalue weighted by Crippen LogP contribution is 2.24. The number of hydrogen-bond donors (Lipinski definition) is 3. The number of nitrogens with one attached hydrogen (secondary N) is 1. The molecule has 0 aliphatic carbocycles. The van der Waals surface area contributed by atoms with E-state index in [-0.39, 0.29) is 22.6 Å². The van der Waals surface area contributed by atoms with Crippen LogP contribution in [0.5, 0.6) is 5.75 Å². The van der Waals surface area contributed by atoms with Crippen molar-refractivity contribution >= 4 is 17.6 Å². The lowest BCUT2D eigenvalue weighted by Crippen LogP contribution is -2.15. The van der Waals surface area contributed by atoms with Crippen molar-refractivity contribution in [1.29, 1.82) is 0 Å². The number of aromatic carboxylic acids is 1. The third-order valence-corrected chi connectivity index (χ3v) is 2.94. The maximum absolute atomic E-state index is 13.2. The molecule has 5 nitrogen and oxygen atoms in total. The van der Waals surface area contributed by atoms with Gasteiger partial charge in [-0.1, -0.05) is 12.1 Å². The largest absolute Gasteiger partial charge is 0.507 e. The van der Waals surface area contributed by atoms with Gasteiger partial charge < -0.3 is 15.5 Å². The van der Waals surface area contributed by atoms with E-state index in [0.29, 0.717) is 5.56 Å². The second-order valence-corrected chi connectivity index (χ2v) is 4.42. The zero-order chi connectivity index (χ0) is 15.6. The number of carboxylic acids is 1. The third kappa shape index (κ3) is 3.00. The van der Waals surface area contributed by atoms with Crippen LogP contribution >= 0.6 is 0 Å². The summed E-state index contributed by atoms with van der Waals surface area (Å²) >= 11 is 0. The van der Waals surface area contributed by atoms with Gasteiger partial charge in [0.1, 0.15) is 11.6 Å². The zero-order valence-corrected chi connectivity index (χ0v) is 11.1. The Balaban J connectivity index is 2.38. The number of para-hydroxylation sites is 1. The topological polar surface area (TPSA) is 86.6 Å². The first-order valence-electron chi connectivity index (χ1n) is 6.03. The summed E-state index contributed by atoms with van der Waals surface area (Å²) in [5, 5.41) is 21.1. The highest BCUT2D eigenvalue weighted by molar-refractivity contribution is 6.09. The summed E-state index contributed by atoms with van der Waals surface area (Å²) in [5.41, 5.74) is 0.0706. The average Bonchev–Trinajstić information content (AvgIpc) is 2.41. The molecule has 0 bridgehead atoms. The van der Waals surface area contributed by atoms with Crippen LogP contribution in [0.15, 0.2) is 36.4 Å². The number of aryl methyl sites for hydroxylation is 1. The van der Waals surface area contributed by atoms with Crippen molar-refractivity contribution in [3.63, 3.8) is 0 Å². The molecule has 0 aromatic heterocycles. The number of halogens is 1. The number of benzene rings is 2. The van der Waals surface area contributed by atoms with Crippen LogP contribution in [0.3, 0.4) is 0 Å². The summed E-state index contributed by atoms with van der Waals surface area (Å²) in [6.45, 7) is 1.62. The highest BCUT2D eigenvalue weighted by Gasteiger charge is 2.17. The number of hydrogen-bond acceptors (Lipinski definition) is 3. The number of carbonyl (C=O) groups excluding carboxylic acids is 1. The van der Waals surface area contributed by atoms with E-state index in [2.05, 4.69) is 5.32 Å². The molecule has 2 rings (SSSR count). The molecular formula is C15H12FNO4. The van der Waals surface area contributed by atoms with Gasteiger partial charge in [-0.3, -0.25) is 4.79 Å². The second kappa shape index (κ2) is 5.62. The molecule has 0 unspecified atom stereocenters. The van der Waals surface area contributed by atoms with Crippen molar-refractivity contribution in [3.8, 4) is 5.75 Å². The Hall–Kier alpha value is -2.89. The van der Waals surface area contributed by atoms with Crippen molar-refractivity contribution in [2.45, 2.75) is 6.92 Å². The van der Waals surface area contributed by atoms with Crippen molar-refractivity contribution in [1.82, 2.24) is 0 Å². The van der Waals surface area contributed by atoms with E-state index in [0.717, 1.165) is 18.2 Å². The zero-order valence-electron chi connectivity index (χ0n) is 11.1. The number of carboxylic acid groups (broad SMARTS) is 1. The molecule has 108 valence electrons. The van der Waals surface area contributed by atoms with Gasteiger partial charge in [-0.05, 0) is 36.8 Å². The van der Waals surface area contributed by atoms with E-state index in [1.807, 2.05) is 0 Å². The summed E-state index contributed by atoms with van der Waals surface area (Å²) in [6.07, 6.45) is 0. The minimum absolute atomic E-state index is 0.0180. The standard InChI is InChI=1S/C15H12FNO4/c1-8-3-2-4-11(13(8)18)14(19)17-12-7-9(16)5-6-10(12)15(20)21/h2-7,18H,1H3,(H,17,19)(H,20,21). The van der Waals surface area contributed by atoms with Gasteiger partial charge >= 0.3 is 5.97 Å². The fourth-order valence-electron chi connectivity index (χ4n) is 1.84. The van der Waals surface area contributed by atoms with Crippen molar-refractivity contribution in [2.24, 2.45) is 0 Å². The SMILES string of the molecule is Cc1cccc(C(=O)Nc2cc(F)ccc2C(=O)O)c1O. The van der Waals surface area contributed by atoms with E-state index in [1.165, 1.54) is 6.07 Å². The maximum atomic E-state index is 13.2. The number of phenols is 1. The minimum Gasteiger partial charge on any atom is -0.507 e. The van der Waals surface area contributed by atoms with E-state index in [4.69, 9.17) is 5.11 Å². The third-order valence-electron chi connectivity index (χ3n) is 2.94. The molecule has 0 saturated carbocycles. The van der Waals surface area contributed by atoms with Crippen LogP contribution in [0, 0.1) is 12.7 Å². The molecule has 0 aliphatic heterocycles. The van der Waals surface area contributed by atoms with E-state index in [1.54, 1.807) is 19.1 Å². The quantitative estimate of drug-likeness (QED) is 0.811. The molecule has 0 saturated heterocycles. The lowest BCUT2D eigenvalue weighted by Gasteiger charge is -2.10. The normalized spacial score (nSPS) is 10.2. The molecule has 6 heteroatoms. The van der Waals surface area contributed by atoms with Crippen LogP contribution in [0.25, 0.3) is 0 Å². The summed E-state index contributed by atoms with van der Waals surface area (Å²) in [7, 11) is 0. The number of aromatic hydroxyl groups is 1. The summed E-state index contributed by atoms with van der Waals surface area (Å²) < 4.78 is 13.2. The van der Waals surface area contributed by atoms with E-state index >= 15 is 0 Å². The molecule has 1 amide bonds. The highest BCUT2D eigenvalue weighted by atomic mass is 19.1. The number of amides is 1. The van der Waals surface area contributed by atoms with Gasteiger partial charge in [0.05, 0.1) is 16.8 Å². The molecule has 0 spiro atoms. The summed E-state index contributed by atoms with van der Waals surface area (Å²) in [4.78, 5) is 23.1. The van der Waals surface area contributed by atoms with Gasteiger partial charge in [-0.25, -0.2) is 9.18 Å². The number of phenolic OH excluding ortho intramolecular Hbond substituents is 1. The Bertz CT molecular complexity index is 728. The lowest BCUT2D eigenvalue weighted by molar-refractivity contribution is 0.0698. The van der Waals surface area contributed by atoms with Crippen molar-refractivity contribution in [2.75, 3.05) is 5.32 Å². The number of carbonyl (C=O) groups is 2. The fraction of sp³-hybridized carbons (Fsp3) is 0.0667. The molecule has 0 heterocycles. The smallest absolute Gasteiger partial charge is 0.337 e. The average molecular weight is 289 g/mol. The molecule has 0 aliphatic rings. The Labute approximate surface area is 119 Å². The Morgan fingerprint density at radius 1 is 1.14 bits per heavy atom. The molecule has 0 fully saturated rings. The Kier molecular flexibility index (Phi) is 3.89. The van der Waals surface area contributed by atoms with Crippen LogP contribution in [0.2, 0.25) is 0 Å². The molecule has 3 N–H and O–H groups in total. The van der Waals surface area contributed by atoms with Gasteiger partial charge in [0.25, 0.3) is 5.91 Å². The first-order chi connectivity index (χ1) is 9.90. The first-order valence-corrected chi connectivity index (χ1v) is 6.03. The minimum atomic E-state index is -1.29. The predicted octanol–water partition coefficient (Wildman–Crippen LogP) is 2.79. The molecule has 0 radical (unpaired) electrons. The predicted molar refractivity (Wildman–Crippen MR) is 74.2 cm³/mol. The van der Waals surface area contributed by atoms with Gasteiger partial charge in [-0.15, -0.1) is 0 Å².